The number of aromatic carboxylic acids is 1. The van der Waals surface area contributed by atoms with Crippen molar-refractivity contribution in [3.05, 3.63) is 28.9 Å². The molecule has 0 unspecified atom stereocenters. The molecule has 0 spiro atoms. The van der Waals surface area contributed by atoms with Crippen LogP contribution in [0.1, 0.15) is 9.67 Å². The van der Waals surface area contributed by atoms with Crippen LogP contribution in [0.4, 0.5) is 4.39 Å². The van der Waals surface area contributed by atoms with Crippen molar-refractivity contribution >= 4 is 27.4 Å². The van der Waals surface area contributed by atoms with E-state index in [0.29, 0.717) is 15.8 Å². The second kappa shape index (κ2) is 3.51. The van der Waals surface area contributed by atoms with Crippen LogP contribution in [0.25, 0.3) is 10.1 Å². The van der Waals surface area contributed by atoms with Crippen molar-refractivity contribution < 1.29 is 19.0 Å². The number of benzene rings is 1. The van der Waals surface area contributed by atoms with Crippen molar-refractivity contribution in [2.24, 2.45) is 0 Å². The summed E-state index contributed by atoms with van der Waals surface area (Å²) >= 11 is 1.03. The minimum Gasteiger partial charge on any atom is -0.497 e. The van der Waals surface area contributed by atoms with Crippen LogP contribution in [-0.2, 0) is 0 Å². The summed E-state index contributed by atoms with van der Waals surface area (Å²) in [5.41, 5.74) is 0. The fraction of sp³-hybridized carbons (Fsp3) is 0.100. The molecule has 0 aliphatic rings. The van der Waals surface area contributed by atoms with Crippen molar-refractivity contribution in [1.82, 2.24) is 0 Å². The van der Waals surface area contributed by atoms with Gasteiger partial charge in [0.2, 0.25) is 0 Å². The van der Waals surface area contributed by atoms with Crippen molar-refractivity contribution in [1.29, 1.82) is 0 Å². The zero-order chi connectivity index (χ0) is 11.0. The van der Waals surface area contributed by atoms with Crippen LogP contribution in [0.15, 0.2) is 18.2 Å². The maximum atomic E-state index is 13.4. The van der Waals surface area contributed by atoms with E-state index in [9.17, 15) is 9.18 Å². The van der Waals surface area contributed by atoms with Crippen LogP contribution >= 0.6 is 11.3 Å². The second-order valence-electron chi connectivity index (χ2n) is 2.94. The summed E-state index contributed by atoms with van der Waals surface area (Å²) in [7, 11) is 1.44. The molecular weight excluding hydrogens is 219 g/mol. The van der Waals surface area contributed by atoms with Crippen LogP contribution in [0.3, 0.4) is 0 Å². The number of carboxylic acid groups (broad SMARTS) is 1. The lowest BCUT2D eigenvalue weighted by atomic mass is 10.2. The van der Waals surface area contributed by atoms with Crippen LogP contribution in [0, 0.1) is 5.82 Å². The first-order chi connectivity index (χ1) is 7.11. The molecule has 5 heteroatoms. The zero-order valence-corrected chi connectivity index (χ0v) is 8.60. The summed E-state index contributed by atoms with van der Waals surface area (Å²) in [4.78, 5) is 10.8. The third-order valence-corrected chi connectivity index (χ3v) is 3.08. The van der Waals surface area contributed by atoms with Gasteiger partial charge in [0.05, 0.1) is 7.11 Å². The molecule has 0 amide bonds. The fourth-order valence-electron chi connectivity index (χ4n) is 1.30. The highest BCUT2D eigenvalue weighted by molar-refractivity contribution is 7.20. The van der Waals surface area contributed by atoms with E-state index < -0.39 is 11.8 Å². The molecule has 1 heterocycles. The summed E-state index contributed by atoms with van der Waals surface area (Å²) in [5.74, 6) is -1.12. The van der Waals surface area contributed by atoms with Crippen molar-refractivity contribution in [3.8, 4) is 5.75 Å². The molecule has 0 atom stereocenters. The quantitative estimate of drug-likeness (QED) is 0.856. The van der Waals surface area contributed by atoms with E-state index in [4.69, 9.17) is 9.84 Å². The van der Waals surface area contributed by atoms with Gasteiger partial charge in [0.1, 0.15) is 16.4 Å². The van der Waals surface area contributed by atoms with E-state index in [1.54, 1.807) is 6.07 Å². The second-order valence-corrected chi connectivity index (χ2v) is 4.02. The van der Waals surface area contributed by atoms with Crippen LogP contribution < -0.4 is 4.74 Å². The molecule has 1 aromatic carbocycles. The molecular formula is C10H7FO3S. The lowest BCUT2D eigenvalue weighted by Crippen LogP contribution is -1.89. The van der Waals surface area contributed by atoms with Gasteiger partial charge < -0.3 is 9.84 Å². The first kappa shape index (κ1) is 9.92. The molecule has 0 saturated heterocycles. The van der Waals surface area contributed by atoms with Gasteiger partial charge in [0, 0.05) is 16.2 Å². The number of hydrogen-bond acceptors (Lipinski definition) is 3. The van der Waals surface area contributed by atoms with Gasteiger partial charge in [-0.05, 0) is 12.1 Å². The Balaban J connectivity index is 2.69. The van der Waals surface area contributed by atoms with Gasteiger partial charge in [0.25, 0.3) is 0 Å². The van der Waals surface area contributed by atoms with E-state index in [-0.39, 0.29) is 4.88 Å². The Morgan fingerprint density at radius 2 is 2.20 bits per heavy atom. The Kier molecular flexibility index (Phi) is 2.32. The number of rotatable bonds is 2. The van der Waals surface area contributed by atoms with E-state index >= 15 is 0 Å². The smallest absolute Gasteiger partial charge is 0.345 e. The number of methoxy groups -OCH3 is 1. The van der Waals surface area contributed by atoms with Gasteiger partial charge in [-0.15, -0.1) is 11.3 Å². The Labute approximate surface area is 88.7 Å². The van der Waals surface area contributed by atoms with E-state index in [1.165, 1.54) is 19.2 Å². The molecule has 0 saturated carbocycles. The minimum atomic E-state index is -1.05. The molecule has 15 heavy (non-hydrogen) atoms. The highest BCUT2D eigenvalue weighted by atomic mass is 32.1. The zero-order valence-electron chi connectivity index (χ0n) is 7.78. The van der Waals surface area contributed by atoms with Crippen molar-refractivity contribution in [2.45, 2.75) is 0 Å². The Morgan fingerprint density at radius 1 is 1.47 bits per heavy atom. The highest BCUT2D eigenvalue weighted by Crippen LogP contribution is 2.31. The predicted molar refractivity (Wildman–Crippen MR) is 55.3 cm³/mol. The number of ether oxygens (including phenoxy) is 1. The summed E-state index contributed by atoms with van der Waals surface area (Å²) in [6.45, 7) is 0. The molecule has 2 rings (SSSR count). The lowest BCUT2D eigenvalue weighted by Gasteiger charge is -1.99. The van der Waals surface area contributed by atoms with Crippen molar-refractivity contribution in [3.63, 3.8) is 0 Å². The standard InChI is InChI=1S/C10H7FO3S/c1-14-5-2-7(11)6-4-9(10(12)13)15-8(6)3-5/h2-4H,1H3,(H,12,13). The maximum absolute atomic E-state index is 13.4. The van der Waals surface area contributed by atoms with Crippen molar-refractivity contribution in [2.75, 3.05) is 7.11 Å². The van der Waals surface area contributed by atoms with Crippen LogP contribution in [0.2, 0.25) is 0 Å². The maximum Gasteiger partial charge on any atom is 0.345 e. The fourth-order valence-corrected chi connectivity index (χ4v) is 2.24. The number of hydrogen-bond donors (Lipinski definition) is 1. The van der Waals surface area contributed by atoms with E-state index in [0.717, 1.165) is 11.3 Å². The molecule has 0 aliphatic heterocycles. The number of thiophene rings is 1. The van der Waals surface area contributed by atoms with Gasteiger partial charge in [-0.1, -0.05) is 0 Å². The van der Waals surface area contributed by atoms with E-state index in [2.05, 4.69) is 0 Å². The SMILES string of the molecule is COc1cc(F)c2cc(C(=O)O)sc2c1. The molecule has 0 fully saturated rings. The molecule has 3 nitrogen and oxygen atoms in total. The summed E-state index contributed by atoms with van der Waals surface area (Å²) in [5, 5.41) is 9.08. The number of carboxylic acids is 1. The average molecular weight is 226 g/mol. The van der Waals surface area contributed by atoms with E-state index in [1.807, 2.05) is 0 Å². The highest BCUT2D eigenvalue weighted by Gasteiger charge is 2.12. The topological polar surface area (TPSA) is 46.5 Å². The Hall–Kier alpha value is -1.62. The summed E-state index contributed by atoms with van der Waals surface area (Å²) < 4.78 is 18.9. The summed E-state index contributed by atoms with van der Waals surface area (Å²) in [6.07, 6.45) is 0. The predicted octanol–water partition coefficient (Wildman–Crippen LogP) is 2.75. The Morgan fingerprint density at radius 3 is 2.80 bits per heavy atom. The number of halogens is 1. The largest absolute Gasteiger partial charge is 0.497 e. The third kappa shape index (κ3) is 1.66. The molecule has 78 valence electrons. The molecule has 0 bridgehead atoms. The van der Waals surface area contributed by atoms with Gasteiger partial charge in [-0.2, -0.15) is 0 Å². The first-order valence-corrected chi connectivity index (χ1v) is 4.94. The molecule has 0 aliphatic carbocycles. The van der Waals surface area contributed by atoms with Gasteiger partial charge in [0.15, 0.2) is 0 Å². The normalized spacial score (nSPS) is 10.5. The molecule has 1 aromatic heterocycles. The van der Waals surface area contributed by atoms with Crippen LogP contribution in [0.5, 0.6) is 5.75 Å². The van der Waals surface area contributed by atoms with Gasteiger partial charge >= 0.3 is 5.97 Å². The van der Waals surface area contributed by atoms with Gasteiger partial charge in [-0.25, -0.2) is 9.18 Å². The minimum absolute atomic E-state index is 0.122. The van der Waals surface area contributed by atoms with Gasteiger partial charge in [-0.3, -0.25) is 0 Å². The lowest BCUT2D eigenvalue weighted by molar-refractivity contribution is 0.0702. The summed E-state index contributed by atoms with van der Waals surface area (Å²) in [6, 6.07) is 4.19. The number of carbonyl (C=O) groups is 1. The molecule has 2 aromatic rings. The first-order valence-electron chi connectivity index (χ1n) is 4.12. The number of fused-ring (bicyclic) bond motifs is 1. The average Bonchev–Trinajstić information content (AvgIpc) is 2.61. The van der Waals surface area contributed by atoms with Crippen LogP contribution in [-0.4, -0.2) is 18.2 Å². The monoisotopic (exact) mass is 226 g/mol. The Bertz CT molecular complexity index is 533. The third-order valence-electron chi connectivity index (χ3n) is 2.01. The molecule has 0 radical (unpaired) electrons. The molecule has 1 N–H and O–H groups in total.